The molecule has 0 bridgehead atoms. The molecule has 0 spiro atoms. The van der Waals surface area contributed by atoms with Crippen molar-refractivity contribution in [2.45, 2.75) is 27.0 Å². The minimum atomic E-state index is 0.564. The van der Waals surface area contributed by atoms with Gasteiger partial charge in [0.15, 0.2) is 5.75 Å². The molecule has 3 rings (SSSR count). The van der Waals surface area contributed by atoms with E-state index < -0.39 is 0 Å². The van der Waals surface area contributed by atoms with Crippen molar-refractivity contribution in [3.05, 3.63) is 22.7 Å². The molecule has 1 aliphatic heterocycles. The molecule has 78 valence electrons. The van der Waals surface area contributed by atoms with E-state index in [0.717, 1.165) is 17.9 Å². The Morgan fingerprint density at radius 1 is 1.47 bits per heavy atom. The van der Waals surface area contributed by atoms with Crippen molar-refractivity contribution >= 4 is 21.6 Å². The topological polar surface area (TPSA) is 22.3 Å². The first-order valence-electron chi connectivity index (χ1n) is 5.05. The Bertz CT molecular complexity index is 533. The highest BCUT2D eigenvalue weighted by Gasteiger charge is 2.22. The monoisotopic (exact) mass is 222 g/mol. The molecule has 2 heterocycles. The lowest BCUT2D eigenvalue weighted by molar-refractivity contribution is -0.669. The third-order valence-electron chi connectivity index (χ3n) is 2.75. The van der Waals surface area contributed by atoms with E-state index >= 15 is 0 Å². The molecule has 1 aromatic carbocycles. The standard InChI is InChI=1S/C11H12NO2S/c1-3-12-7(2)15-11-4-8-6-13-14-10(8)5-9(11)12/h4-5H,3,6H2,1-2H3/q+1. The number of thiazole rings is 1. The second-order valence-electron chi connectivity index (χ2n) is 3.64. The molecule has 0 unspecified atom stereocenters. The normalized spacial score (nSPS) is 14.3. The quantitative estimate of drug-likeness (QED) is 0.546. The maximum atomic E-state index is 5.11. The highest BCUT2D eigenvalue weighted by molar-refractivity contribution is 7.18. The van der Waals surface area contributed by atoms with E-state index in [1.165, 1.54) is 15.2 Å². The summed E-state index contributed by atoms with van der Waals surface area (Å²) in [5.41, 5.74) is 2.39. The van der Waals surface area contributed by atoms with Gasteiger partial charge in [-0.25, -0.2) is 0 Å². The van der Waals surface area contributed by atoms with Crippen LogP contribution in [0.4, 0.5) is 0 Å². The van der Waals surface area contributed by atoms with E-state index in [9.17, 15) is 0 Å². The molecule has 0 fully saturated rings. The van der Waals surface area contributed by atoms with Gasteiger partial charge < -0.3 is 4.89 Å². The van der Waals surface area contributed by atoms with Gasteiger partial charge in [-0.05, 0) is 13.0 Å². The van der Waals surface area contributed by atoms with E-state index in [-0.39, 0.29) is 0 Å². The molecular weight excluding hydrogens is 210 g/mol. The van der Waals surface area contributed by atoms with Crippen LogP contribution in [0.1, 0.15) is 17.5 Å². The Morgan fingerprint density at radius 2 is 2.33 bits per heavy atom. The first-order chi connectivity index (χ1) is 7.29. The molecule has 3 nitrogen and oxygen atoms in total. The largest absolute Gasteiger partial charge is 0.337 e. The Kier molecular flexibility index (Phi) is 1.94. The van der Waals surface area contributed by atoms with E-state index in [1.807, 2.05) is 11.3 Å². The van der Waals surface area contributed by atoms with E-state index in [0.29, 0.717) is 6.61 Å². The Hall–Kier alpha value is -1.13. The molecule has 2 aromatic rings. The first kappa shape index (κ1) is 9.12. The summed E-state index contributed by atoms with van der Waals surface area (Å²) in [7, 11) is 0. The summed E-state index contributed by atoms with van der Waals surface area (Å²) in [4.78, 5) is 10.1. The zero-order chi connectivity index (χ0) is 10.4. The summed E-state index contributed by atoms with van der Waals surface area (Å²) in [6.07, 6.45) is 0. The molecule has 0 atom stereocenters. The number of benzene rings is 1. The van der Waals surface area contributed by atoms with E-state index in [4.69, 9.17) is 9.78 Å². The second kappa shape index (κ2) is 3.18. The maximum absolute atomic E-state index is 5.11. The predicted molar refractivity (Wildman–Crippen MR) is 57.8 cm³/mol. The number of aryl methyl sites for hydroxylation is 2. The molecule has 4 heteroatoms. The maximum Gasteiger partial charge on any atom is 0.235 e. The van der Waals surface area contributed by atoms with Gasteiger partial charge in [-0.1, -0.05) is 11.3 Å². The summed E-state index contributed by atoms with van der Waals surface area (Å²) in [6, 6.07) is 4.24. The highest BCUT2D eigenvalue weighted by atomic mass is 32.1. The number of hydrogen-bond acceptors (Lipinski definition) is 3. The van der Waals surface area contributed by atoms with Crippen molar-refractivity contribution in [2.24, 2.45) is 0 Å². The van der Waals surface area contributed by atoms with Crippen molar-refractivity contribution in [2.75, 3.05) is 0 Å². The fourth-order valence-electron chi connectivity index (χ4n) is 2.01. The molecule has 0 amide bonds. The Morgan fingerprint density at radius 3 is 3.13 bits per heavy atom. The van der Waals surface area contributed by atoms with E-state index in [2.05, 4.69) is 30.5 Å². The van der Waals surface area contributed by atoms with Crippen LogP contribution in [-0.2, 0) is 18.0 Å². The van der Waals surface area contributed by atoms with Crippen LogP contribution >= 0.6 is 11.3 Å². The Labute approximate surface area is 91.8 Å². The number of aromatic nitrogens is 1. The average Bonchev–Trinajstić information content (AvgIpc) is 2.76. The number of nitrogens with zero attached hydrogens (tertiary/aromatic N) is 1. The van der Waals surface area contributed by atoms with Gasteiger partial charge in [0.05, 0.1) is 6.07 Å². The predicted octanol–water partition coefficient (Wildman–Crippen LogP) is 2.34. The molecule has 0 saturated heterocycles. The molecule has 15 heavy (non-hydrogen) atoms. The van der Waals surface area contributed by atoms with Crippen LogP contribution in [0.5, 0.6) is 5.75 Å². The molecule has 1 aromatic heterocycles. The third-order valence-corrected chi connectivity index (χ3v) is 3.81. The first-order valence-corrected chi connectivity index (χ1v) is 5.86. The van der Waals surface area contributed by atoms with Gasteiger partial charge in [0.25, 0.3) is 0 Å². The van der Waals surface area contributed by atoms with Crippen molar-refractivity contribution in [3.8, 4) is 5.75 Å². The summed E-state index contributed by atoms with van der Waals surface area (Å²) in [6.45, 7) is 5.86. The number of hydrogen-bond donors (Lipinski definition) is 0. The van der Waals surface area contributed by atoms with Crippen molar-refractivity contribution in [3.63, 3.8) is 0 Å². The van der Waals surface area contributed by atoms with Gasteiger partial charge >= 0.3 is 0 Å². The van der Waals surface area contributed by atoms with Crippen LogP contribution in [0.3, 0.4) is 0 Å². The van der Waals surface area contributed by atoms with Gasteiger partial charge in [-0.2, -0.15) is 9.45 Å². The molecule has 0 N–H and O–H groups in total. The number of rotatable bonds is 1. The van der Waals surface area contributed by atoms with Gasteiger partial charge in [0.1, 0.15) is 17.9 Å². The third kappa shape index (κ3) is 1.25. The van der Waals surface area contributed by atoms with Crippen LogP contribution < -0.4 is 9.45 Å². The second-order valence-corrected chi connectivity index (χ2v) is 4.87. The zero-order valence-corrected chi connectivity index (χ0v) is 9.56. The average molecular weight is 222 g/mol. The zero-order valence-electron chi connectivity index (χ0n) is 8.74. The minimum Gasteiger partial charge on any atom is -0.337 e. The van der Waals surface area contributed by atoms with Crippen LogP contribution in [0.2, 0.25) is 0 Å². The SMILES string of the molecule is CC[n+]1c(C)sc2cc3c(cc21)OOC3. The van der Waals surface area contributed by atoms with Crippen molar-refractivity contribution in [1.29, 1.82) is 0 Å². The lowest BCUT2D eigenvalue weighted by atomic mass is 10.2. The molecule has 0 aliphatic carbocycles. The molecule has 0 radical (unpaired) electrons. The lowest BCUT2D eigenvalue weighted by Crippen LogP contribution is -2.33. The van der Waals surface area contributed by atoms with Crippen LogP contribution in [0.25, 0.3) is 10.2 Å². The summed E-state index contributed by atoms with van der Waals surface area (Å²) < 4.78 is 3.60. The van der Waals surface area contributed by atoms with Gasteiger partial charge in [-0.15, -0.1) is 0 Å². The van der Waals surface area contributed by atoms with Crippen LogP contribution in [0, 0.1) is 6.92 Å². The van der Waals surface area contributed by atoms with Crippen molar-refractivity contribution < 1.29 is 14.3 Å². The fraction of sp³-hybridized carbons (Fsp3) is 0.364. The Balaban J connectivity index is 2.33. The van der Waals surface area contributed by atoms with Gasteiger partial charge in [-0.3, -0.25) is 0 Å². The van der Waals surface area contributed by atoms with Gasteiger partial charge in [0.2, 0.25) is 10.5 Å². The summed E-state index contributed by atoms with van der Waals surface area (Å²) >= 11 is 1.82. The minimum absolute atomic E-state index is 0.564. The highest BCUT2D eigenvalue weighted by Crippen LogP contribution is 2.32. The van der Waals surface area contributed by atoms with Gasteiger partial charge in [0, 0.05) is 12.5 Å². The summed E-state index contributed by atoms with van der Waals surface area (Å²) in [5.74, 6) is 0.863. The van der Waals surface area contributed by atoms with Crippen molar-refractivity contribution in [1.82, 2.24) is 0 Å². The summed E-state index contributed by atoms with van der Waals surface area (Å²) in [5, 5.41) is 1.33. The smallest absolute Gasteiger partial charge is 0.235 e. The van der Waals surface area contributed by atoms with E-state index in [1.54, 1.807) is 0 Å². The number of fused-ring (bicyclic) bond motifs is 2. The molecule has 0 saturated carbocycles. The fourth-order valence-corrected chi connectivity index (χ4v) is 3.14. The molecular formula is C11H12NO2S+. The van der Waals surface area contributed by atoms with Crippen LogP contribution in [0.15, 0.2) is 12.1 Å². The van der Waals surface area contributed by atoms with Crippen LogP contribution in [-0.4, -0.2) is 0 Å². The molecule has 1 aliphatic rings. The lowest BCUT2D eigenvalue weighted by Gasteiger charge is -1.94.